The van der Waals surface area contributed by atoms with E-state index in [0.717, 1.165) is 11.3 Å². The standard InChI is InChI=1S/C15H23NO4/c1-12(2)7-10-20-11-8-13(17)4-3-9-16-14(18)5-6-15(16)19/h5-6,12H,3-4,7-11H2,1-2H3. The van der Waals surface area contributed by atoms with E-state index in [1.807, 2.05) is 0 Å². The Balaban J connectivity index is 2.03. The summed E-state index contributed by atoms with van der Waals surface area (Å²) < 4.78 is 5.38. The van der Waals surface area contributed by atoms with Crippen molar-refractivity contribution < 1.29 is 19.1 Å². The van der Waals surface area contributed by atoms with Gasteiger partial charge < -0.3 is 4.74 Å². The second-order valence-corrected chi connectivity index (χ2v) is 5.35. The van der Waals surface area contributed by atoms with Gasteiger partial charge in [-0.3, -0.25) is 19.3 Å². The molecule has 0 atom stereocenters. The van der Waals surface area contributed by atoms with Crippen LogP contribution in [0.2, 0.25) is 0 Å². The first-order valence-corrected chi connectivity index (χ1v) is 7.13. The van der Waals surface area contributed by atoms with Crippen molar-refractivity contribution in [2.75, 3.05) is 19.8 Å². The molecule has 0 radical (unpaired) electrons. The van der Waals surface area contributed by atoms with Gasteiger partial charge in [0.1, 0.15) is 5.78 Å². The number of hydrogen-bond acceptors (Lipinski definition) is 4. The smallest absolute Gasteiger partial charge is 0.253 e. The Morgan fingerprint density at radius 1 is 1.15 bits per heavy atom. The second-order valence-electron chi connectivity index (χ2n) is 5.35. The highest BCUT2D eigenvalue weighted by atomic mass is 16.5. The predicted molar refractivity (Wildman–Crippen MR) is 75.0 cm³/mol. The van der Waals surface area contributed by atoms with E-state index >= 15 is 0 Å². The lowest BCUT2D eigenvalue weighted by atomic mass is 10.1. The van der Waals surface area contributed by atoms with Crippen LogP contribution in [0.25, 0.3) is 0 Å². The molecule has 20 heavy (non-hydrogen) atoms. The highest BCUT2D eigenvalue weighted by molar-refractivity contribution is 6.12. The summed E-state index contributed by atoms with van der Waals surface area (Å²) in [7, 11) is 0. The quantitative estimate of drug-likeness (QED) is 0.452. The van der Waals surface area contributed by atoms with Gasteiger partial charge in [0.2, 0.25) is 0 Å². The molecule has 5 heteroatoms. The molecule has 112 valence electrons. The summed E-state index contributed by atoms with van der Waals surface area (Å²) in [6.07, 6.45) is 4.81. The zero-order chi connectivity index (χ0) is 15.0. The molecule has 0 saturated heterocycles. The fourth-order valence-corrected chi connectivity index (χ4v) is 1.82. The molecular weight excluding hydrogens is 258 g/mol. The van der Waals surface area contributed by atoms with Gasteiger partial charge in [-0.25, -0.2) is 0 Å². The minimum absolute atomic E-state index is 0.113. The van der Waals surface area contributed by atoms with Gasteiger partial charge >= 0.3 is 0 Å². The lowest BCUT2D eigenvalue weighted by Crippen LogP contribution is -2.31. The number of carbonyl (C=O) groups excluding carboxylic acids is 3. The highest BCUT2D eigenvalue weighted by Gasteiger charge is 2.22. The van der Waals surface area contributed by atoms with Crippen molar-refractivity contribution in [1.82, 2.24) is 4.90 Å². The summed E-state index contributed by atoms with van der Waals surface area (Å²) in [5.41, 5.74) is 0. The first-order chi connectivity index (χ1) is 9.50. The van der Waals surface area contributed by atoms with Gasteiger partial charge in [-0.2, -0.15) is 0 Å². The SMILES string of the molecule is CC(C)CCOCCC(=O)CCCN1C(=O)C=CC1=O. The van der Waals surface area contributed by atoms with Crippen LogP contribution in [0.1, 0.15) is 39.5 Å². The van der Waals surface area contributed by atoms with Crippen LogP contribution in [-0.4, -0.2) is 42.3 Å². The van der Waals surface area contributed by atoms with Crippen LogP contribution >= 0.6 is 0 Å². The molecular formula is C15H23NO4. The van der Waals surface area contributed by atoms with Gasteiger partial charge in [-0.15, -0.1) is 0 Å². The summed E-state index contributed by atoms with van der Waals surface area (Å²) in [6, 6.07) is 0. The van der Waals surface area contributed by atoms with Crippen LogP contribution in [0, 0.1) is 5.92 Å². The molecule has 0 bridgehead atoms. The molecule has 0 N–H and O–H groups in total. The molecule has 2 amide bonds. The normalized spacial score (nSPS) is 14.7. The summed E-state index contributed by atoms with van der Waals surface area (Å²) in [6.45, 7) is 5.71. The number of nitrogens with zero attached hydrogens (tertiary/aromatic N) is 1. The number of amides is 2. The number of rotatable bonds is 10. The predicted octanol–water partition coefficient (Wildman–Crippen LogP) is 1.71. The minimum Gasteiger partial charge on any atom is -0.381 e. The van der Waals surface area contributed by atoms with Crippen molar-refractivity contribution in [3.63, 3.8) is 0 Å². The molecule has 1 aliphatic heterocycles. The van der Waals surface area contributed by atoms with E-state index < -0.39 is 0 Å². The van der Waals surface area contributed by atoms with Gasteiger partial charge in [-0.1, -0.05) is 13.8 Å². The fraction of sp³-hybridized carbons (Fsp3) is 0.667. The Hall–Kier alpha value is -1.49. The Morgan fingerprint density at radius 2 is 1.80 bits per heavy atom. The largest absolute Gasteiger partial charge is 0.381 e. The molecule has 1 rings (SSSR count). The molecule has 0 spiro atoms. The van der Waals surface area contributed by atoms with E-state index in [2.05, 4.69) is 13.8 Å². The molecule has 0 unspecified atom stereocenters. The lowest BCUT2D eigenvalue weighted by molar-refractivity contribution is -0.137. The Bertz CT molecular complexity index is 369. The molecule has 1 aliphatic rings. The van der Waals surface area contributed by atoms with Gasteiger partial charge in [0, 0.05) is 38.1 Å². The third-order valence-corrected chi connectivity index (χ3v) is 3.10. The third-order valence-electron chi connectivity index (χ3n) is 3.10. The van der Waals surface area contributed by atoms with E-state index in [-0.39, 0.29) is 17.6 Å². The number of Topliss-reactive ketones (excluding diaryl/α,β-unsaturated/α-hetero) is 1. The van der Waals surface area contributed by atoms with Crippen LogP contribution in [0.3, 0.4) is 0 Å². The first-order valence-electron chi connectivity index (χ1n) is 7.13. The number of imide groups is 1. The molecule has 0 fully saturated rings. The van der Waals surface area contributed by atoms with Gasteiger partial charge in [0.05, 0.1) is 6.61 Å². The van der Waals surface area contributed by atoms with E-state index in [4.69, 9.17) is 4.74 Å². The van der Waals surface area contributed by atoms with Gasteiger partial charge in [-0.05, 0) is 18.8 Å². The van der Waals surface area contributed by atoms with E-state index in [9.17, 15) is 14.4 Å². The van der Waals surface area contributed by atoms with Crippen molar-refractivity contribution in [3.05, 3.63) is 12.2 Å². The maximum absolute atomic E-state index is 11.6. The molecule has 5 nitrogen and oxygen atoms in total. The van der Waals surface area contributed by atoms with E-state index in [1.54, 1.807) is 0 Å². The van der Waals surface area contributed by atoms with E-state index in [1.165, 1.54) is 12.2 Å². The maximum atomic E-state index is 11.6. The monoisotopic (exact) mass is 281 g/mol. The first kappa shape index (κ1) is 16.6. The van der Waals surface area contributed by atoms with Crippen molar-refractivity contribution in [3.8, 4) is 0 Å². The van der Waals surface area contributed by atoms with Crippen molar-refractivity contribution in [1.29, 1.82) is 0 Å². The molecule has 0 aromatic heterocycles. The minimum atomic E-state index is -0.292. The van der Waals surface area contributed by atoms with Crippen LogP contribution in [-0.2, 0) is 19.1 Å². The average molecular weight is 281 g/mol. The van der Waals surface area contributed by atoms with Crippen LogP contribution < -0.4 is 0 Å². The number of carbonyl (C=O) groups is 3. The fourth-order valence-electron chi connectivity index (χ4n) is 1.82. The zero-order valence-electron chi connectivity index (χ0n) is 12.3. The number of ketones is 1. The van der Waals surface area contributed by atoms with Crippen molar-refractivity contribution in [2.45, 2.75) is 39.5 Å². The summed E-state index contributed by atoms with van der Waals surface area (Å²) in [5.74, 6) is 0.135. The van der Waals surface area contributed by atoms with Gasteiger partial charge in [0.15, 0.2) is 0 Å². The summed E-state index contributed by atoms with van der Waals surface area (Å²) in [5, 5.41) is 0. The number of ether oxygens (including phenoxy) is 1. The van der Waals surface area contributed by atoms with Gasteiger partial charge in [0.25, 0.3) is 11.8 Å². The van der Waals surface area contributed by atoms with Crippen LogP contribution in [0.4, 0.5) is 0 Å². The lowest BCUT2D eigenvalue weighted by Gasteiger charge is -2.12. The summed E-state index contributed by atoms with van der Waals surface area (Å²) >= 11 is 0. The second kappa shape index (κ2) is 8.64. The Labute approximate surface area is 120 Å². The molecule has 0 saturated carbocycles. The molecule has 0 aliphatic carbocycles. The van der Waals surface area contributed by atoms with Crippen LogP contribution in [0.5, 0.6) is 0 Å². The van der Waals surface area contributed by atoms with Crippen molar-refractivity contribution >= 4 is 17.6 Å². The third kappa shape index (κ3) is 6.10. The number of hydrogen-bond donors (Lipinski definition) is 0. The van der Waals surface area contributed by atoms with Crippen molar-refractivity contribution in [2.24, 2.45) is 5.92 Å². The molecule has 0 aromatic carbocycles. The average Bonchev–Trinajstić information content (AvgIpc) is 2.69. The van der Waals surface area contributed by atoms with Crippen LogP contribution in [0.15, 0.2) is 12.2 Å². The topological polar surface area (TPSA) is 63.7 Å². The molecule has 1 heterocycles. The Kier molecular flexibility index (Phi) is 7.15. The van der Waals surface area contributed by atoms with E-state index in [0.29, 0.717) is 44.9 Å². The highest BCUT2D eigenvalue weighted by Crippen LogP contribution is 2.06. The molecule has 0 aromatic rings. The summed E-state index contributed by atoms with van der Waals surface area (Å²) in [4.78, 5) is 35.3. The Morgan fingerprint density at radius 3 is 2.40 bits per heavy atom. The zero-order valence-corrected chi connectivity index (χ0v) is 12.3. The maximum Gasteiger partial charge on any atom is 0.253 e.